The molecule has 54 heavy (non-hydrogen) atoms. The van der Waals surface area contributed by atoms with E-state index >= 15 is 0 Å². The fourth-order valence-corrected chi connectivity index (χ4v) is 11.2. The fourth-order valence-electron chi connectivity index (χ4n) is 11.2. The monoisotopic (exact) mass is 751 g/mol. The standard InChI is InChI=1S/C46H74N2O6/c1-5-7-9-24-47-42(51)16-12-26-53-37-28-33(29-38(32-37)54-27-13-17-43(52)48-25-10-8-6-2)14-11-15-34-30-35-31-36(49)20-22-45(35,3)40-21-23-46(4)39(44(34)40)18-19-41(46)50/h28-29,32,34-35,39-41,44,50H,5-27,30-31H2,1-4H3,(H,47,51)(H,48,52)/t34-,35?,39+,40+,41+,44+,45+,46+/m1/s1. The summed E-state index contributed by atoms with van der Waals surface area (Å²) in [6.45, 7) is 11.6. The number of ether oxygens (including phenoxy) is 2. The van der Waals surface area contributed by atoms with Gasteiger partial charge in [0.2, 0.25) is 11.8 Å². The van der Waals surface area contributed by atoms with Crippen molar-refractivity contribution in [3.05, 3.63) is 23.8 Å². The molecule has 4 fully saturated rings. The van der Waals surface area contributed by atoms with Gasteiger partial charge in [0, 0.05) is 44.8 Å². The second kappa shape index (κ2) is 20.5. The van der Waals surface area contributed by atoms with Crippen LogP contribution in [0.4, 0.5) is 0 Å². The summed E-state index contributed by atoms with van der Waals surface area (Å²) < 4.78 is 12.5. The van der Waals surface area contributed by atoms with E-state index in [4.69, 9.17) is 9.47 Å². The van der Waals surface area contributed by atoms with Gasteiger partial charge < -0.3 is 25.2 Å². The predicted octanol–water partition coefficient (Wildman–Crippen LogP) is 9.14. The molecule has 0 aromatic heterocycles. The number of aliphatic hydroxyl groups excluding tert-OH is 1. The zero-order valence-electron chi connectivity index (χ0n) is 34.4. The minimum Gasteiger partial charge on any atom is -0.493 e. The minimum absolute atomic E-state index is 0.0243. The predicted molar refractivity (Wildman–Crippen MR) is 216 cm³/mol. The topological polar surface area (TPSA) is 114 Å². The van der Waals surface area contributed by atoms with Gasteiger partial charge in [-0.05, 0) is 142 Å². The van der Waals surface area contributed by atoms with Gasteiger partial charge >= 0.3 is 0 Å². The van der Waals surface area contributed by atoms with Crippen LogP contribution in [0.15, 0.2) is 18.2 Å². The molecule has 2 amide bonds. The summed E-state index contributed by atoms with van der Waals surface area (Å²) in [5.41, 5.74) is 1.45. The lowest BCUT2D eigenvalue weighted by molar-refractivity contribution is -0.156. The third-order valence-corrected chi connectivity index (χ3v) is 14.4. The molecule has 0 spiro atoms. The highest BCUT2D eigenvalue weighted by Gasteiger charge is 2.62. The lowest BCUT2D eigenvalue weighted by atomic mass is 9.42. The molecule has 5 rings (SSSR count). The molecule has 0 saturated heterocycles. The number of hydrogen-bond donors (Lipinski definition) is 3. The molecular weight excluding hydrogens is 677 g/mol. The summed E-state index contributed by atoms with van der Waals surface area (Å²) >= 11 is 0. The van der Waals surface area contributed by atoms with Gasteiger partial charge in [-0.25, -0.2) is 0 Å². The van der Waals surface area contributed by atoms with Gasteiger partial charge in [0.15, 0.2) is 0 Å². The molecule has 8 heteroatoms. The highest BCUT2D eigenvalue weighted by Crippen LogP contribution is 2.67. The average Bonchev–Trinajstić information content (AvgIpc) is 3.46. The molecule has 8 atom stereocenters. The van der Waals surface area contributed by atoms with E-state index in [1.165, 1.54) is 12.0 Å². The van der Waals surface area contributed by atoms with Crippen molar-refractivity contribution in [2.75, 3.05) is 26.3 Å². The van der Waals surface area contributed by atoms with Gasteiger partial charge in [-0.2, -0.15) is 0 Å². The Balaban J connectivity index is 1.21. The molecule has 0 bridgehead atoms. The fraction of sp³-hybridized carbons (Fsp3) is 0.804. The average molecular weight is 751 g/mol. The van der Waals surface area contributed by atoms with Crippen LogP contribution in [0, 0.1) is 40.4 Å². The zero-order chi connectivity index (χ0) is 38.6. The van der Waals surface area contributed by atoms with Crippen molar-refractivity contribution in [3.63, 3.8) is 0 Å². The number of benzene rings is 1. The Morgan fingerprint density at radius 2 is 1.39 bits per heavy atom. The number of ketones is 1. The van der Waals surface area contributed by atoms with Gasteiger partial charge in [0.05, 0.1) is 19.3 Å². The molecule has 1 aromatic carbocycles. The first-order chi connectivity index (χ1) is 26.1. The van der Waals surface area contributed by atoms with Gasteiger partial charge in [-0.3, -0.25) is 14.4 Å². The van der Waals surface area contributed by atoms with E-state index in [1.807, 2.05) is 6.07 Å². The summed E-state index contributed by atoms with van der Waals surface area (Å²) in [7, 11) is 0. The summed E-state index contributed by atoms with van der Waals surface area (Å²) in [6.07, 6.45) is 19.7. The molecule has 1 unspecified atom stereocenters. The Kier molecular flexibility index (Phi) is 16.2. The maximum absolute atomic E-state index is 12.8. The van der Waals surface area contributed by atoms with E-state index in [9.17, 15) is 19.5 Å². The van der Waals surface area contributed by atoms with Crippen LogP contribution in [0.5, 0.6) is 11.5 Å². The van der Waals surface area contributed by atoms with Crippen LogP contribution < -0.4 is 20.1 Å². The third-order valence-electron chi connectivity index (χ3n) is 14.4. The van der Waals surface area contributed by atoms with E-state index in [1.54, 1.807) is 0 Å². The number of carbonyl (C=O) groups is 3. The Hall–Kier alpha value is -2.61. The first-order valence-electron chi connectivity index (χ1n) is 22.2. The number of aliphatic hydroxyl groups is 1. The number of hydrogen-bond acceptors (Lipinski definition) is 6. The summed E-state index contributed by atoms with van der Waals surface area (Å²) in [5, 5.41) is 17.2. The summed E-state index contributed by atoms with van der Waals surface area (Å²) in [5.74, 6) is 5.03. The van der Waals surface area contributed by atoms with Crippen LogP contribution in [0.3, 0.4) is 0 Å². The van der Waals surface area contributed by atoms with Crippen LogP contribution in [0.1, 0.15) is 162 Å². The van der Waals surface area contributed by atoms with Crippen molar-refractivity contribution >= 4 is 17.6 Å². The molecule has 0 heterocycles. The van der Waals surface area contributed by atoms with E-state index in [0.717, 1.165) is 127 Å². The second-order valence-corrected chi connectivity index (χ2v) is 18.1. The minimum atomic E-state index is -0.191. The molecule has 3 N–H and O–H groups in total. The molecule has 4 saturated carbocycles. The lowest BCUT2D eigenvalue weighted by Gasteiger charge is -2.62. The Labute approximate surface area is 327 Å². The number of unbranched alkanes of at least 4 members (excludes halogenated alkanes) is 4. The maximum Gasteiger partial charge on any atom is 0.220 e. The van der Waals surface area contributed by atoms with Crippen LogP contribution in [0.25, 0.3) is 0 Å². The van der Waals surface area contributed by atoms with Gasteiger partial charge in [0.25, 0.3) is 0 Å². The number of rotatable bonds is 22. The van der Waals surface area contributed by atoms with Crippen LogP contribution in [0.2, 0.25) is 0 Å². The molecule has 0 radical (unpaired) electrons. The van der Waals surface area contributed by atoms with Crippen molar-refractivity contribution in [3.8, 4) is 11.5 Å². The molecule has 304 valence electrons. The van der Waals surface area contributed by atoms with Gasteiger partial charge in [0.1, 0.15) is 17.3 Å². The Morgan fingerprint density at radius 3 is 2.00 bits per heavy atom. The van der Waals surface area contributed by atoms with Crippen LogP contribution in [-0.4, -0.2) is 55.1 Å². The summed E-state index contributed by atoms with van der Waals surface area (Å²) in [4.78, 5) is 37.4. The van der Waals surface area contributed by atoms with Crippen LogP contribution in [-0.2, 0) is 20.8 Å². The number of amides is 2. The largest absolute Gasteiger partial charge is 0.493 e. The molecule has 4 aliphatic carbocycles. The van der Waals surface area contributed by atoms with E-state index in [0.29, 0.717) is 74.3 Å². The molecule has 8 nitrogen and oxygen atoms in total. The van der Waals surface area contributed by atoms with E-state index in [-0.39, 0.29) is 28.7 Å². The van der Waals surface area contributed by atoms with Gasteiger partial charge in [-0.1, -0.05) is 53.4 Å². The first-order valence-corrected chi connectivity index (χ1v) is 22.2. The molecule has 1 aromatic rings. The van der Waals surface area contributed by atoms with E-state index in [2.05, 4.69) is 50.5 Å². The Morgan fingerprint density at radius 1 is 0.778 bits per heavy atom. The number of fused-ring (bicyclic) bond motifs is 5. The van der Waals surface area contributed by atoms with Crippen LogP contribution >= 0.6 is 0 Å². The summed E-state index contributed by atoms with van der Waals surface area (Å²) in [6, 6.07) is 6.21. The molecule has 4 aliphatic rings. The number of aryl methyl sites for hydroxylation is 1. The lowest BCUT2D eigenvalue weighted by Crippen LogP contribution is -2.57. The van der Waals surface area contributed by atoms with Gasteiger partial charge in [-0.15, -0.1) is 0 Å². The molecule has 0 aliphatic heterocycles. The zero-order valence-corrected chi connectivity index (χ0v) is 34.4. The van der Waals surface area contributed by atoms with Crippen molar-refractivity contribution in [2.24, 2.45) is 40.4 Å². The van der Waals surface area contributed by atoms with Crippen molar-refractivity contribution in [1.29, 1.82) is 0 Å². The number of carbonyl (C=O) groups excluding carboxylic acids is 3. The third kappa shape index (κ3) is 11.0. The van der Waals surface area contributed by atoms with Crippen molar-refractivity contribution in [1.82, 2.24) is 10.6 Å². The van der Waals surface area contributed by atoms with Crippen molar-refractivity contribution in [2.45, 2.75) is 169 Å². The number of Topliss-reactive ketones (excluding diaryl/α,β-unsaturated/α-hetero) is 1. The quantitative estimate of drug-likeness (QED) is 0.102. The highest BCUT2D eigenvalue weighted by atomic mass is 16.5. The number of nitrogens with one attached hydrogen (secondary N) is 2. The maximum atomic E-state index is 12.8. The molecular formula is C46H74N2O6. The second-order valence-electron chi connectivity index (χ2n) is 18.1. The first kappa shape index (κ1) is 42.5. The van der Waals surface area contributed by atoms with Crippen molar-refractivity contribution < 1.29 is 29.0 Å². The smallest absolute Gasteiger partial charge is 0.220 e. The highest BCUT2D eigenvalue weighted by molar-refractivity contribution is 5.79. The normalized spacial score (nSPS) is 30.2. The SMILES string of the molecule is CCCCCNC(=O)CCCOc1cc(CCC[C@@H]2CC3CC(=O)CC[C@]3(C)[C@H]3CC[C@]4(C)[C@@H](O)CC[C@H]4[C@H]23)cc(OCCCC(=O)NCCCCC)c1. The van der Waals surface area contributed by atoms with E-state index < -0.39 is 0 Å². The Bertz CT molecular complexity index is 1320.